The highest BCUT2D eigenvalue weighted by molar-refractivity contribution is 5.71. The van der Waals surface area contributed by atoms with E-state index < -0.39 is 6.10 Å². The minimum atomic E-state index is -0.764. The molecule has 0 fully saturated rings. The Labute approximate surface area is 406 Å². The molecule has 0 bridgehead atoms. The molecule has 6 nitrogen and oxygen atoms in total. The van der Waals surface area contributed by atoms with Crippen LogP contribution in [0.25, 0.3) is 0 Å². The van der Waals surface area contributed by atoms with Crippen LogP contribution in [0.15, 0.2) is 0 Å². The predicted octanol–water partition coefficient (Wildman–Crippen LogP) is 19.1. The average Bonchev–Trinajstić information content (AvgIpc) is 3.28. The van der Waals surface area contributed by atoms with Gasteiger partial charge in [-0.2, -0.15) is 0 Å². The van der Waals surface area contributed by atoms with Crippen LogP contribution < -0.4 is 0 Å². The summed E-state index contributed by atoms with van der Waals surface area (Å²) in [4.78, 5) is 38.1. The minimum absolute atomic E-state index is 0.0641. The number of rotatable bonds is 52. The topological polar surface area (TPSA) is 78.9 Å². The van der Waals surface area contributed by atoms with Crippen molar-refractivity contribution >= 4 is 17.9 Å². The molecule has 6 heteroatoms. The molecular formula is C59H114O6. The molecule has 0 aliphatic carbocycles. The quantitative estimate of drug-likeness (QED) is 0.0344. The Bertz CT molecular complexity index is 1010. The summed E-state index contributed by atoms with van der Waals surface area (Å²) in [6.45, 7) is 13.8. The Hall–Kier alpha value is -1.59. The highest BCUT2D eigenvalue weighted by Gasteiger charge is 2.19. The van der Waals surface area contributed by atoms with E-state index in [1.807, 2.05) is 0 Å². The summed E-state index contributed by atoms with van der Waals surface area (Å²) in [5.41, 5.74) is 0. The van der Waals surface area contributed by atoms with Crippen LogP contribution in [-0.2, 0) is 28.6 Å². The molecule has 0 amide bonds. The molecule has 0 aromatic carbocycles. The van der Waals surface area contributed by atoms with Crippen molar-refractivity contribution in [3.05, 3.63) is 0 Å². The molecule has 0 aliphatic heterocycles. The Kier molecular flexibility index (Phi) is 49.1. The number of carbonyl (C=O) groups excluding carboxylic acids is 3. The van der Waals surface area contributed by atoms with Crippen LogP contribution in [0.3, 0.4) is 0 Å². The van der Waals surface area contributed by atoms with E-state index in [0.29, 0.717) is 19.3 Å². The van der Waals surface area contributed by atoms with E-state index in [-0.39, 0.29) is 31.1 Å². The molecule has 0 N–H and O–H groups in total. The molecule has 0 aromatic heterocycles. The van der Waals surface area contributed by atoms with Crippen LogP contribution in [0.4, 0.5) is 0 Å². The highest BCUT2D eigenvalue weighted by atomic mass is 16.6. The van der Waals surface area contributed by atoms with Gasteiger partial charge in [0, 0.05) is 19.3 Å². The second-order valence-corrected chi connectivity index (χ2v) is 21.5. The van der Waals surface area contributed by atoms with Gasteiger partial charge in [-0.3, -0.25) is 14.4 Å². The monoisotopic (exact) mass is 919 g/mol. The molecule has 65 heavy (non-hydrogen) atoms. The Balaban J connectivity index is 4.24. The molecular weight excluding hydrogens is 805 g/mol. The maximum absolute atomic E-state index is 12.8. The number of unbranched alkanes of at least 4 members (excludes halogenated alkanes) is 34. The van der Waals surface area contributed by atoms with E-state index in [1.54, 1.807) is 0 Å². The van der Waals surface area contributed by atoms with Crippen molar-refractivity contribution in [1.29, 1.82) is 0 Å². The summed E-state index contributed by atoms with van der Waals surface area (Å²) in [7, 11) is 0. The normalized spacial score (nSPS) is 12.6. The van der Waals surface area contributed by atoms with Gasteiger partial charge in [-0.25, -0.2) is 0 Å². The third kappa shape index (κ3) is 51.6. The lowest BCUT2D eigenvalue weighted by Crippen LogP contribution is -2.30. The zero-order valence-electron chi connectivity index (χ0n) is 44.8. The van der Waals surface area contributed by atoms with Gasteiger partial charge in [0.2, 0.25) is 0 Å². The first kappa shape index (κ1) is 63.4. The zero-order valence-corrected chi connectivity index (χ0v) is 44.8. The molecule has 0 rings (SSSR count). The molecule has 1 unspecified atom stereocenters. The van der Waals surface area contributed by atoms with Crippen molar-refractivity contribution in [2.75, 3.05) is 13.2 Å². The summed E-state index contributed by atoms with van der Waals surface area (Å²) < 4.78 is 16.9. The third-order valence-corrected chi connectivity index (χ3v) is 13.8. The van der Waals surface area contributed by atoms with Gasteiger partial charge in [0.05, 0.1) is 0 Å². The molecule has 0 aliphatic rings. The number of esters is 3. The smallest absolute Gasteiger partial charge is 0.306 e. The Morgan fingerprint density at radius 3 is 0.800 bits per heavy atom. The van der Waals surface area contributed by atoms with Crippen LogP contribution in [0, 0.1) is 17.8 Å². The summed E-state index contributed by atoms with van der Waals surface area (Å²) in [6, 6.07) is 0. The molecule has 0 spiro atoms. The maximum Gasteiger partial charge on any atom is 0.306 e. The maximum atomic E-state index is 12.8. The first-order chi connectivity index (χ1) is 31.6. The van der Waals surface area contributed by atoms with Crippen molar-refractivity contribution in [1.82, 2.24) is 0 Å². The molecule has 0 saturated carbocycles. The number of hydrogen-bond acceptors (Lipinski definition) is 6. The lowest BCUT2D eigenvalue weighted by Gasteiger charge is -2.18. The molecule has 0 heterocycles. The van der Waals surface area contributed by atoms with E-state index in [1.165, 1.54) is 205 Å². The lowest BCUT2D eigenvalue weighted by atomic mass is 10.00. The standard InChI is InChI=1S/C59H114O6/c1-7-55(6)47-41-35-31-32-37-43-49-58(61)64-52-56(65-59(62)50-44-38-30-26-22-18-14-10-12-16-20-24-28-34-40-46-54(4)5)51-63-57(60)48-42-36-29-25-21-17-13-9-8-11-15-19-23-27-33-39-45-53(2)3/h53-56H,7-52H2,1-6H3/t55?,56-/m0/s1. The van der Waals surface area contributed by atoms with E-state index >= 15 is 0 Å². The van der Waals surface area contributed by atoms with Gasteiger partial charge in [0.25, 0.3) is 0 Å². The minimum Gasteiger partial charge on any atom is -0.462 e. The van der Waals surface area contributed by atoms with Crippen molar-refractivity contribution in [3.8, 4) is 0 Å². The molecule has 386 valence electrons. The Morgan fingerprint density at radius 1 is 0.308 bits per heavy atom. The number of ether oxygens (including phenoxy) is 3. The largest absolute Gasteiger partial charge is 0.462 e. The van der Waals surface area contributed by atoms with Gasteiger partial charge in [0.1, 0.15) is 13.2 Å². The molecule has 0 radical (unpaired) electrons. The van der Waals surface area contributed by atoms with Crippen LogP contribution in [0.1, 0.15) is 324 Å². The Morgan fingerprint density at radius 2 is 0.538 bits per heavy atom. The summed E-state index contributed by atoms with van der Waals surface area (Å²) in [5.74, 6) is 1.67. The van der Waals surface area contributed by atoms with Gasteiger partial charge in [0.15, 0.2) is 6.10 Å². The van der Waals surface area contributed by atoms with E-state index in [2.05, 4.69) is 41.5 Å². The van der Waals surface area contributed by atoms with Crippen molar-refractivity contribution in [3.63, 3.8) is 0 Å². The summed E-state index contributed by atoms with van der Waals surface area (Å²) >= 11 is 0. The zero-order chi connectivity index (χ0) is 47.7. The van der Waals surface area contributed by atoms with Crippen molar-refractivity contribution in [2.24, 2.45) is 17.8 Å². The first-order valence-corrected chi connectivity index (χ1v) is 29.1. The van der Waals surface area contributed by atoms with E-state index in [0.717, 1.165) is 75.5 Å². The first-order valence-electron chi connectivity index (χ1n) is 29.1. The second kappa shape index (κ2) is 50.3. The molecule has 2 atom stereocenters. The van der Waals surface area contributed by atoms with Crippen molar-refractivity contribution < 1.29 is 28.6 Å². The van der Waals surface area contributed by atoms with E-state index in [9.17, 15) is 14.4 Å². The van der Waals surface area contributed by atoms with Crippen LogP contribution in [0.5, 0.6) is 0 Å². The van der Waals surface area contributed by atoms with Crippen LogP contribution in [-0.4, -0.2) is 37.2 Å². The van der Waals surface area contributed by atoms with Gasteiger partial charge in [-0.05, 0) is 37.0 Å². The highest BCUT2D eigenvalue weighted by Crippen LogP contribution is 2.19. The van der Waals surface area contributed by atoms with Gasteiger partial charge < -0.3 is 14.2 Å². The second-order valence-electron chi connectivity index (χ2n) is 21.5. The number of carbonyl (C=O) groups is 3. The van der Waals surface area contributed by atoms with Gasteiger partial charge in [-0.1, -0.05) is 286 Å². The molecule has 0 saturated heterocycles. The van der Waals surface area contributed by atoms with E-state index in [4.69, 9.17) is 14.2 Å². The van der Waals surface area contributed by atoms with Gasteiger partial charge in [-0.15, -0.1) is 0 Å². The summed E-state index contributed by atoms with van der Waals surface area (Å²) in [5, 5.41) is 0. The summed E-state index contributed by atoms with van der Waals surface area (Å²) in [6.07, 6.45) is 52.4. The fraction of sp³-hybridized carbons (Fsp3) is 0.949. The fourth-order valence-corrected chi connectivity index (χ4v) is 8.97. The lowest BCUT2D eigenvalue weighted by molar-refractivity contribution is -0.167. The van der Waals surface area contributed by atoms with Crippen LogP contribution >= 0.6 is 0 Å². The number of hydrogen-bond donors (Lipinski definition) is 0. The predicted molar refractivity (Wildman–Crippen MR) is 279 cm³/mol. The van der Waals surface area contributed by atoms with Crippen LogP contribution in [0.2, 0.25) is 0 Å². The SMILES string of the molecule is CCC(C)CCCCCCCCC(=O)OC[C@H](COC(=O)CCCCCCCCCCCCCCCCCCC(C)C)OC(=O)CCCCCCCCCCCCCCCCCC(C)C. The van der Waals surface area contributed by atoms with Gasteiger partial charge >= 0.3 is 17.9 Å². The van der Waals surface area contributed by atoms with Crippen molar-refractivity contribution in [2.45, 2.75) is 330 Å². The third-order valence-electron chi connectivity index (χ3n) is 13.8. The fourth-order valence-electron chi connectivity index (χ4n) is 8.97. The molecule has 0 aromatic rings. The average molecular weight is 920 g/mol.